The Morgan fingerprint density at radius 2 is 1.13 bits per heavy atom. The summed E-state index contributed by atoms with van der Waals surface area (Å²) in [4.78, 5) is 28.8. The number of anilines is 2. The van der Waals surface area contributed by atoms with E-state index in [1.807, 2.05) is 24.3 Å². The molecule has 2 fully saturated rings. The van der Waals surface area contributed by atoms with Crippen LogP contribution in [0.5, 0.6) is 23.0 Å². The van der Waals surface area contributed by atoms with Gasteiger partial charge in [0, 0.05) is 36.6 Å². The normalized spacial score (nSPS) is 14.5. The minimum absolute atomic E-state index is 0.161. The highest BCUT2D eigenvalue weighted by atomic mass is 35.5. The van der Waals surface area contributed by atoms with E-state index in [2.05, 4.69) is 28.3 Å². The number of hydrogen-bond donors (Lipinski definition) is 3. The van der Waals surface area contributed by atoms with Crippen LogP contribution in [0.15, 0.2) is 98.1 Å². The van der Waals surface area contributed by atoms with Gasteiger partial charge in [0.25, 0.3) is 0 Å². The minimum Gasteiger partial charge on any atom is -0.493 e. The number of carboxylic acid groups (broad SMARTS) is 1. The lowest BCUT2D eigenvalue weighted by molar-refractivity contribution is -0.138. The second-order valence-corrected chi connectivity index (χ2v) is 16.5. The summed E-state index contributed by atoms with van der Waals surface area (Å²) in [5.74, 6) is 0.596. The molecule has 4 aromatic carbocycles. The maximum atomic E-state index is 13.0. The molecule has 2 unspecified atom stereocenters. The third kappa shape index (κ3) is 16.5. The lowest BCUT2D eigenvalue weighted by Crippen LogP contribution is -2.25. The van der Waals surface area contributed by atoms with Crippen molar-refractivity contribution in [2.75, 3.05) is 77.8 Å². The second-order valence-electron chi connectivity index (χ2n) is 14.9. The Labute approximate surface area is 391 Å². The number of halogens is 4. The molecule has 6 rings (SSSR count). The van der Waals surface area contributed by atoms with Crippen LogP contribution in [-0.2, 0) is 9.59 Å². The van der Waals surface area contributed by atoms with Crippen molar-refractivity contribution in [2.45, 2.75) is 50.4 Å². The predicted molar refractivity (Wildman–Crippen MR) is 257 cm³/mol. The fraction of sp³-hybridized carbons (Fsp3) is 0.375. The van der Waals surface area contributed by atoms with Crippen molar-refractivity contribution in [3.8, 4) is 23.0 Å². The van der Waals surface area contributed by atoms with Gasteiger partial charge >= 0.3 is 5.97 Å². The average Bonchev–Trinajstić information content (AvgIpc) is 4.00. The number of methoxy groups -OCH3 is 2. The summed E-state index contributed by atoms with van der Waals surface area (Å²) in [6.45, 7) is 15.0. The van der Waals surface area contributed by atoms with Gasteiger partial charge in [-0.15, -0.1) is 13.2 Å². The Bertz CT molecular complexity index is 2110. The van der Waals surface area contributed by atoms with Gasteiger partial charge < -0.3 is 35.1 Å². The summed E-state index contributed by atoms with van der Waals surface area (Å²) in [6.07, 6.45) is 9.23. The highest BCUT2D eigenvalue weighted by Crippen LogP contribution is 2.34. The predicted octanol–water partition coefficient (Wildman–Crippen LogP) is 11.3. The van der Waals surface area contributed by atoms with E-state index in [1.54, 1.807) is 74.9 Å². The monoisotopic (exact) mass is 942 g/mol. The molecule has 2 saturated heterocycles. The smallest absolute Gasteiger partial charge is 0.311 e. The largest absolute Gasteiger partial charge is 0.493 e. The van der Waals surface area contributed by atoms with Gasteiger partial charge in [-0.3, -0.25) is 19.4 Å². The zero-order valence-electron chi connectivity index (χ0n) is 35.9. The quantitative estimate of drug-likeness (QED) is 0.0616. The van der Waals surface area contributed by atoms with Gasteiger partial charge in [-0.1, -0.05) is 70.7 Å². The molecule has 340 valence electrons. The zero-order chi connectivity index (χ0) is 45.7. The zero-order valence-corrected chi connectivity index (χ0v) is 39.0. The van der Waals surface area contributed by atoms with Crippen LogP contribution >= 0.6 is 46.4 Å². The first-order chi connectivity index (χ1) is 30.4. The molecule has 2 heterocycles. The number of nitrogens with one attached hydrogen (secondary N) is 1. The number of carboxylic acids is 1. The summed E-state index contributed by atoms with van der Waals surface area (Å²) >= 11 is 23.7. The summed E-state index contributed by atoms with van der Waals surface area (Å²) < 4.78 is 22.3. The number of nitrogen functional groups attached to an aromatic ring is 1. The van der Waals surface area contributed by atoms with Crippen LogP contribution in [0.1, 0.15) is 61.5 Å². The molecule has 0 aliphatic carbocycles. The number of nitrogens with two attached hydrogens (primary N) is 1. The maximum absolute atomic E-state index is 13.0. The average molecular weight is 945 g/mol. The third-order valence-corrected chi connectivity index (χ3v) is 11.9. The highest BCUT2D eigenvalue weighted by Gasteiger charge is 2.22. The molecule has 1 amide bonds. The molecular weight excluding hydrogens is 886 g/mol. The van der Waals surface area contributed by atoms with E-state index in [0.717, 1.165) is 43.2 Å². The number of likely N-dealkylation sites (tertiary alicyclic amines) is 2. The Balaban J connectivity index is 0.000000229. The lowest BCUT2D eigenvalue weighted by Gasteiger charge is -2.18. The number of carbonyl (C=O) groups excluding carboxylic acids is 1. The Hall–Kier alpha value is -4.62. The number of hydrogen-bond acceptors (Lipinski definition) is 9. The number of amides is 1. The van der Waals surface area contributed by atoms with Crippen molar-refractivity contribution in [1.82, 2.24) is 9.80 Å². The lowest BCUT2D eigenvalue weighted by atomic mass is 9.94. The number of allylic oxidation sites excluding steroid dienone is 2. The van der Waals surface area contributed by atoms with Crippen LogP contribution in [-0.4, -0.2) is 93.5 Å². The van der Waals surface area contributed by atoms with E-state index in [9.17, 15) is 9.59 Å². The van der Waals surface area contributed by atoms with Gasteiger partial charge in [0.15, 0.2) is 23.0 Å². The molecule has 0 spiro atoms. The van der Waals surface area contributed by atoms with E-state index in [-0.39, 0.29) is 5.91 Å². The Kier molecular flexibility index (Phi) is 21.8. The minimum atomic E-state index is -0.895. The van der Waals surface area contributed by atoms with Crippen LogP contribution < -0.4 is 30.0 Å². The first-order valence-electron chi connectivity index (χ1n) is 20.8. The van der Waals surface area contributed by atoms with Gasteiger partial charge in [-0.25, -0.2) is 0 Å². The molecule has 2 aliphatic heterocycles. The molecule has 0 saturated carbocycles. The van der Waals surface area contributed by atoms with Crippen molar-refractivity contribution in [3.05, 3.63) is 129 Å². The van der Waals surface area contributed by atoms with Crippen molar-refractivity contribution in [3.63, 3.8) is 0 Å². The standard InChI is InChI=1S/C24H28Cl2N2O3.C13H20N2O2.C11H10Cl2O2/c1-3-6-19(17-7-9-20(25)21(26)15-17)24(29)27-18-8-10-22(30-2)23(16-18)31-14-13-28-11-4-5-12-28;1-16-12-5-4-11(14)10-13(12)17-9-8-15-6-2-3-7-15;1-2-3-8(11(14)15)7-4-5-9(12)10(13)6-7/h3,7-10,15-16,19H,1,4-6,11-14H2,2H3,(H,27,29);4-5,10H,2-3,6-9,14H2,1H3;2,4-6,8H,1,3H2,(H,14,15). The van der Waals surface area contributed by atoms with Gasteiger partial charge in [0.05, 0.1) is 46.1 Å². The van der Waals surface area contributed by atoms with Crippen LogP contribution in [0.25, 0.3) is 0 Å². The number of carbonyl (C=O) groups is 2. The van der Waals surface area contributed by atoms with Crippen LogP contribution in [0.3, 0.4) is 0 Å². The second kappa shape index (κ2) is 26.9. The highest BCUT2D eigenvalue weighted by molar-refractivity contribution is 6.42. The molecule has 15 heteroatoms. The molecule has 0 aromatic heterocycles. The van der Waals surface area contributed by atoms with Gasteiger partial charge in [0.1, 0.15) is 13.2 Å². The fourth-order valence-corrected chi connectivity index (χ4v) is 7.66. The van der Waals surface area contributed by atoms with E-state index in [4.69, 9.17) is 76.2 Å². The van der Waals surface area contributed by atoms with Gasteiger partial charge in [-0.05, 0) is 124 Å². The Morgan fingerprint density at radius 1 is 0.667 bits per heavy atom. The summed E-state index contributed by atoms with van der Waals surface area (Å²) in [5, 5.41) is 13.6. The molecular formula is C48H58Cl4N4O7. The van der Waals surface area contributed by atoms with Crippen LogP contribution in [0.2, 0.25) is 20.1 Å². The van der Waals surface area contributed by atoms with E-state index in [1.165, 1.54) is 38.8 Å². The van der Waals surface area contributed by atoms with Crippen molar-refractivity contribution in [1.29, 1.82) is 0 Å². The molecule has 11 nitrogen and oxygen atoms in total. The SMILES string of the molecule is C=CCC(C(=O)Nc1ccc(OC)c(OCCN2CCCC2)c1)c1ccc(Cl)c(Cl)c1.C=CCC(C(=O)O)c1ccc(Cl)c(Cl)c1.COc1ccc(N)cc1OCCN1CCCC1. The van der Waals surface area contributed by atoms with E-state index >= 15 is 0 Å². The van der Waals surface area contributed by atoms with E-state index < -0.39 is 17.8 Å². The van der Waals surface area contributed by atoms with E-state index in [0.29, 0.717) is 74.6 Å². The molecule has 2 atom stereocenters. The van der Waals surface area contributed by atoms with Gasteiger partial charge in [-0.2, -0.15) is 0 Å². The number of aliphatic carboxylic acids is 1. The maximum Gasteiger partial charge on any atom is 0.311 e. The molecule has 4 N–H and O–H groups in total. The summed E-state index contributed by atoms with van der Waals surface area (Å²) in [6, 6.07) is 20.9. The number of nitrogens with zero attached hydrogens (tertiary/aromatic N) is 2. The van der Waals surface area contributed by atoms with Crippen molar-refractivity contribution in [2.24, 2.45) is 0 Å². The number of ether oxygens (including phenoxy) is 4. The molecule has 0 bridgehead atoms. The first-order valence-corrected chi connectivity index (χ1v) is 22.4. The molecule has 4 aromatic rings. The molecule has 2 aliphatic rings. The summed E-state index contributed by atoms with van der Waals surface area (Å²) in [5.41, 5.74) is 8.48. The molecule has 0 radical (unpaired) electrons. The van der Waals surface area contributed by atoms with Crippen molar-refractivity contribution < 1.29 is 33.6 Å². The summed E-state index contributed by atoms with van der Waals surface area (Å²) in [7, 11) is 3.24. The van der Waals surface area contributed by atoms with Crippen LogP contribution in [0.4, 0.5) is 11.4 Å². The first kappa shape index (κ1) is 51.0. The topological polar surface area (TPSA) is 136 Å². The van der Waals surface area contributed by atoms with Crippen molar-refractivity contribution >= 4 is 69.7 Å². The fourth-order valence-electron chi connectivity index (χ4n) is 7.05. The number of benzene rings is 4. The number of rotatable bonds is 19. The van der Waals surface area contributed by atoms with Gasteiger partial charge in [0.2, 0.25) is 5.91 Å². The molecule has 63 heavy (non-hydrogen) atoms. The van der Waals surface area contributed by atoms with Crippen LogP contribution in [0, 0.1) is 0 Å². The Morgan fingerprint density at radius 3 is 1.59 bits per heavy atom. The third-order valence-electron chi connectivity index (χ3n) is 10.5.